The number of thioether (sulfide) groups is 1. The van der Waals surface area contributed by atoms with Crippen molar-refractivity contribution in [3.8, 4) is 0 Å². The van der Waals surface area contributed by atoms with E-state index in [0.29, 0.717) is 22.9 Å². The number of thiophene rings is 1. The van der Waals surface area contributed by atoms with E-state index in [1.807, 2.05) is 17.5 Å². The largest absolute Gasteiger partial charge is 0.461 e. The van der Waals surface area contributed by atoms with E-state index >= 15 is 0 Å². The van der Waals surface area contributed by atoms with E-state index in [9.17, 15) is 14.4 Å². The molecule has 0 aliphatic carbocycles. The van der Waals surface area contributed by atoms with Crippen LogP contribution in [0.15, 0.2) is 33.8 Å². The Kier molecular flexibility index (Phi) is 8.21. The zero-order valence-electron chi connectivity index (χ0n) is 16.0. The number of β-lactam (4-membered cyclic amide) rings is 1. The van der Waals surface area contributed by atoms with Crippen LogP contribution >= 0.6 is 69.5 Å². The summed E-state index contributed by atoms with van der Waals surface area (Å²) in [5, 5.41) is 1.79. The zero-order chi connectivity index (χ0) is 22.8. The number of nitrogens with zero attached hydrogens (tertiary/aromatic N) is 2. The van der Waals surface area contributed by atoms with Gasteiger partial charge in [-0.1, -0.05) is 52.5 Å². The van der Waals surface area contributed by atoms with E-state index in [0.717, 1.165) is 4.88 Å². The highest BCUT2D eigenvalue weighted by molar-refractivity contribution is 8.00. The number of carbonyl (C=O) groups is 3. The third kappa shape index (κ3) is 6.30. The maximum atomic E-state index is 12.9. The molecule has 7 nitrogen and oxygen atoms in total. The van der Waals surface area contributed by atoms with Gasteiger partial charge in [-0.15, -0.1) is 23.1 Å². The van der Waals surface area contributed by atoms with Crippen molar-refractivity contribution in [3.05, 3.63) is 33.7 Å². The summed E-state index contributed by atoms with van der Waals surface area (Å²) in [6.07, 6.45) is 0.423. The second kappa shape index (κ2) is 10.3. The van der Waals surface area contributed by atoms with Crippen LogP contribution in [-0.2, 0) is 30.3 Å². The Labute approximate surface area is 206 Å². The molecule has 0 radical (unpaired) electrons. The van der Waals surface area contributed by atoms with Crippen LogP contribution in [0.1, 0.15) is 11.8 Å². The number of carbonyl (C=O) groups excluding carboxylic acids is 3. The van der Waals surface area contributed by atoms with E-state index in [1.165, 1.54) is 34.9 Å². The lowest BCUT2D eigenvalue weighted by atomic mass is 10.0. The summed E-state index contributed by atoms with van der Waals surface area (Å²) in [6, 6.07) is 3.10. The highest BCUT2D eigenvalue weighted by atomic mass is 35.6. The standard InChI is InChI=1S/C18H16Cl4N2O5S2/c1-9(25)28-6-10-7-31-16-13(23-12(19)5-11-3-2-4-30-11)15(26)24(16)14(10)17(27)29-8-18(20,21)22/h2-4,13,16H,5-8H2,1H3/t13-,16-/m1/s1. The van der Waals surface area contributed by atoms with Crippen molar-refractivity contribution in [1.82, 2.24) is 4.90 Å². The molecule has 3 heterocycles. The lowest BCUT2D eigenvalue weighted by Crippen LogP contribution is -2.64. The summed E-state index contributed by atoms with van der Waals surface area (Å²) >= 11 is 26.1. The lowest BCUT2D eigenvalue weighted by molar-refractivity contribution is -0.151. The van der Waals surface area contributed by atoms with Gasteiger partial charge in [0.1, 0.15) is 29.5 Å². The summed E-state index contributed by atoms with van der Waals surface area (Å²) < 4.78 is 8.28. The first-order valence-corrected chi connectivity index (χ1v) is 12.3. The van der Waals surface area contributed by atoms with Crippen LogP contribution in [0.2, 0.25) is 0 Å². The number of hydrogen-bond acceptors (Lipinski definition) is 8. The SMILES string of the molecule is CC(=O)OCC1=C(C(=O)OCC(Cl)(Cl)Cl)N2C(=O)[C@@H](N=C(Cl)Cc3cccs3)[C@H]2SC1. The molecule has 0 spiro atoms. The van der Waals surface area contributed by atoms with Crippen LogP contribution < -0.4 is 0 Å². The summed E-state index contributed by atoms with van der Waals surface area (Å²) in [6.45, 7) is 0.578. The van der Waals surface area contributed by atoms with E-state index in [4.69, 9.17) is 55.9 Å². The fourth-order valence-electron chi connectivity index (χ4n) is 2.91. The summed E-state index contributed by atoms with van der Waals surface area (Å²) in [7, 11) is 0. The second-order valence-corrected chi connectivity index (χ2v) is 11.6. The van der Waals surface area contributed by atoms with Crippen LogP contribution in [0.5, 0.6) is 0 Å². The number of esters is 2. The van der Waals surface area contributed by atoms with Crippen LogP contribution in [0.3, 0.4) is 0 Å². The van der Waals surface area contributed by atoms with Crippen molar-refractivity contribution in [2.24, 2.45) is 4.99 Å². The third-order valence-electron chi connectivity index (χ3n) is 4.21. The minimum atomic E-state index is -1.81. The monoisotopic (exact) mass is 544 g/mol. The number of aliphatic imine (C=N–C) groups is 1. The molecule has 0 aromatic carbocycles. The molecule has 2 aliphatic heterocycles. The average molecular weight is 546 g/mol. The predicted octanol–water partition coefficient (Wildman–Crippen LogP) is 3.94. The van der Waals surface area contributed by atoms with Gasteiger partial charge in [-0.05, 0) is 11.4 Å². The quantitative estimate of drug-likeness (QED) is 0.223. The molecule has 31 heavy (non-hydrogen) atoms. The van der Waals surface area contributed by atoms with Crippen molar-refractivity contribution >= 4 is 92.5 Å². The Morgan fingerprint density at radius 3 is 2.68 bits per heavy atom. The number of hydrogen-bond donors (Lipinski definition) is 0. The van der Waals surface area contributed by atoms with Gasteiger partial charge >= 0.3 is 11.9 Å². The molecular formula is C18H16Cl4N2O5S2. The van der Waals surface area contributed by atoms with Gasteiger partial charge in [0, 0.05) is 29.5 Å². The van der Waals surface area contributed by atoms with Crippen LogP contribution in [0.4, 0.5) is 0 Å². The summed E-state index contributed by atoms with van der Waals surface area (Å²) in [5.41, 5.74) is 0.399. The van der Waals surface area contributed by atoms with Crippen LogP contribution in [-0.4, -0.2) is 62.1 Å². The molecule has 1 saturated heterocycles. The number of alkyl halides is 3. The minimum absolute atomic E-state index is 0.0231. The number of ether oxygens (including phenoxy) is 2. The Balaban J connectivity index is 1.79. The van der Waals surface area contributed by atoms with Crippen molar-refractivity contribution < 1.29 is 23.9 Å². The topological polar surface area (TPSA) is 85.3 Å². The summed E-state index contributed by atoms with van der Waals surface area (Å²) in [4.78, 5) is 43.4. The first-order valence-electron chi connectivity index (χ1n) is 8.85. The molecule has 0 unspecified atom stereocenters. The van der Waals surface area contributed by atoms with Crippen LogP contribution in [0.25, 0.3) is 0 Å². The van der Waals surface area contributed by atoms with E-state index in [-0.39, 0.29) is 12.3 Å². The fraction of sp³-hybridized carbons (Fsp3) is 0.444. The maximum absolute atomic E-state index is 12.9. The molecule has 1 aromatic heterocycles. The molecule has 13 heteroatoms. The van der Waals surface area contributed by atoms with Gasteiger partial charge in [0.2, 0.25) is 3.79 Å². The molecular weight excluding hydrogens is 530 g/mol. The first kappa shape index (κ1) is 24.7. The molecule has 1 fully saturated rings. The van der Waals surface area contributed by atoms with Gasteiger partial charge in [0.25, 0.3) is 5.91 Å². The normalized spacial score (nSPS) is 21.5. The number of rotatable bonds is 7. The molecule has 2 aliphatic rings. The molecule has 1 amide bonds. The third-order valence-corrected chi connectivity index (χ3v) is 6.97. The Bertz CT molecular complexity index is 930. The molecule has 168 valence electrons. The van der Waals surface area contributed by atoms with Gasteiger partial charge in [0.15, 0.2) is 6.04 Å². The smallest absolute Gasteiger partial charge is 0.355 e. The number of amides is 1. The van der Waals surface area contributed by atoms with Crippen molar-refractivity contribution in [1.29, 1.82) is 0 Å². The highest BCUT2D eigenvalue weighted by Gasteiger charge is 2.54. The summed E-state index contributed by atoms with van der Waals surface area (Å²) in [5.74, 6) is -1.46. The van der Waals surface area contributed by atoms with Gasteiger partial charge in [-0.25, -0.2) is 4.79 Å². The minimum Gasteiger partial charge on any atom is -0.461 e. The van der Waals surface area contributed by atoms with Gasteiger partial charge < -0.3 is 9.47 Å². The van der Waals surface area contributed by atoms with E-state index in [1.54, 1.807) is 0 Å². The van der Waals surface area contributed by atoms with E-state index in [2.05, 4.69) is 4.99 Å². The zero-order valence-corrected chi connectivity index (χ0v) is 20.6. The average Bonchev–Trinajstić information content (AvgIpc) is 3.20. The molecule has 1 aromatic rings. The van der Waals surface area contributed by atoms with Gasteiger partial charge in [-0.3, -0.25) is 19.5 Å². The predicted molar refractivity (Wildman–Crippen MR) is 123 cm³/mol. The molecule has 0 saturated carbocycles. The highest BCUT2D eigenvalue weighted by Crippen LogP contribution is 2.42. The molecule has 2 atom stereocenters. The molecule has 0 bridgehead atoms. The molecule has 0 N–H and O–H groups in total. The maximum Gasteiger partial charge on any atom is 0.355 e. The van der Waals surface area contributed by atoms with Crippen molar-refractivity contribution in [3.63, 3.8) is 0 Å². The Morgan fingerprint density at radius 2 is 2.06 bits per heavy atom. The second-order valence-electron chi connectivity index (χ2n) is 6.54. The fourth-order valence-corrected chi connectivity index (χ4v) is 5.42. The Hall–Kier alpha value is -0.970. The van der Waals surface area contributed by atoms with E-state index < -0.39 is 39.7 Å². The van der Waals surface area contributed by atoms with Crippen LogP contribution in [0, 0.1) is 0 Å². The number of halogens is 4. The van der Waals surface area contributed by atoms with Crippen molar-refractivity contribution in [2.75, 3.05) is 19.0 Å². The van der Waals surface area contributed by atoms with Crippen molar-refractivity contribution in [2.45, 2.75) is 28.6 Å². The number of fused-ring (bicyclic) bond motifs is 1. The van der Waals surface area contributed by atoms with Gasteiger partial charge in [0.05, 0.1) is 0 Å². The molecule has 3 rings (SSSR count). The first-order chi connectivity index (χ1) is 14.6. The Morgan fingerprint density at radius 1 is 1.32 bits per heavy atom. The van der Waals surface area contributed by atoms with Gasteiger partial charge in [-0.2, -0.15) is 0 Å². The lowest BCUT2D eigenvalue weighted by Gasteiger charge is -2.48.